The third kappa shape index (κ3) is 3.09. The van der Waals surface area contributed by atoms with Gasteiger partial charge in [-0.1, -0.05) is 12.8 Å². The number of hydrogen-bond donors (Lipinski definition) is 2. The molecule has 0 atom stereocenters. The molecular formula is C11H15NO4S2. The Morgan fingerprint density at radius 1 is 1.44 bits per heavy atom. The molecule has 0 bridgehead atoms. The summed E-state index contributed by atoms with van der Waals surface area (Å²) < 4.78 is 26.5. The molecule has 1 aromatic rings. The number of aromatic carboxylic acids is 1. The van der Waals surface area contributed by atoms with E-state index in [4.69, 9.17) is 5.11 Å². The monoisotopic (exact) mass is 289 g/mol. The van der Waals surface area contributed by atoms with Crippen molar-refractivity contribution in [3.63, 3.8) is 0 Å². The summed E-state index contributed by atoms with van der Waals surface area (Å²) in [6, 6.07) is 1.20. The molecule has 1 aliphatic rings. The van der Waals surface area contributed by atoms with E-state index in [-0.39, 0.29) is 9.77 Å². The highest BCUT2D eigenvalue weighted by Crippen LogP contribution is 2.25. The Bertz CT molecular complexity index is 529. The minimum Gasteiger partial charge on any atom is -0.478 e. The van der Waals surface area contributed by atoms with Crippen LogP contribution in [-0.2, 0) is 10.0 Å². The summed E-state index contributed by atoms with van der Waals surface area (Å²) in [5.74, 6) is -0.692. The molecule has 2 rings (SSSR count). The second kappa shape index (κ2) is 5.38. The van der Waals surface area contributed by atoms with Crippen LogP contribution in [0.2, 0.25) is 0 Å². The lowest BCUT2D eigenvalue weighted by Gasteiger charge is -2.09. The first-order valence-corrected chi connectivity index (χ1v) is 8.17. The molecule has 2 N–H and O–H groups in total. The van der Waals surface area contributed by atoms with E-state index in [9.17, 15) is 13.2 Å². The molecule has 100 valence electrons. The maximum absolute atomic E-state index is 11.9. The average Bonchev–Trinajstić information content (AvgIpc) is 2.98. The lowest BCUT2D eigenvalue weighted by molar-refractivity contribution is 0.0697. The fourth-order valence-electron chi connectivity index (χ4n) is 2.08. The highest BCUT2D eigenvalue weighted by Gasteiger charge is 2.21. The average molecular weight is 289 g/mol. The second-order valence-electron chi connectivity index (χ2n) is 4.46. The second-order valence-corrected chi connectivity index (χ2v) is 7.37. The van der Waals surface area contributed by atoms with Gasteiger partial charge in [-0.15, -0.1) is 11.3 Å². The van der Waals surface area contributed by atoms with Crippen molar-refractivity contribution in [3.05, 3.63) is 17.0 Å². The Morgan fingerprint density at radius 3 is 2.67 bits per heavy atom. The van der Waals surface area contributed by atoms with E-state index in [0.717, 1.165) is 37.0 Å². The van der Waals surface area contributed by atoms with Crippen LogP contribution in [0.25, 0.3) is 0 Å². The van der Waals surface area contributed by atoms with Crippen molar-refractivity contribution in [3.8, 4) is 0 Å². The molecule has 0 aromatic carbocycles. The summed E-state index contributed by atoms with van der Waals surface area (Å²) in [4.78, 5) is 10.7. The van der Waals surface area contributed by atoms with Gasteiger partial charge in [-0.05, 0) is 24.8 Å². The van der Waals surface area contributed by atoms with E-state index >= 15 is 0 Å². The van der Waals surface area contributed by atoms with Gasteiger partial charge < -0.3 is 5.11 Å². The van der Waals surface area contributed by atoms with Gasteiger partial charge in [0, 0.05) is 11.9 Å². The van der Waals surface area contributed by atoms with Crippen LogP contribution in [0, 0.1) is 5.92 Å². The quantitative estimate of drug-likeness (QED) is 0.867. The molecule has 0 amide bonds. The molecule has 7 heteroatoms. The van der Waals surface area contributed by atoms with Crippen LogP contribution in [0.4, 0.5) is 0 Å². The van der Waals surface area contributed by atoms with Gasteiger partial charge in [-0.3, -0.25) is 0 Å². The fourth-order valence-corrected chi connectivity index (χ4v) is 4.40. The number of sulfonamides is 1. The minimum atomic E-state index is -3.56. The molecule has 1 fully saturated rings. The van der Waals surface area contributed by atoms with Gasteiger partial charge in [-0.2, -0.15) is 0 Å². The van der Waals surface area contributed by atoms with Crippen LogP contribution < -0.4 is 4.72 Å². The van der Waals surface area contributed by atoms with Crippen molar-refractivity contribution < 1.29 is 18.3 Å². The van der Waals surface area contributed by atoms with Crippen LogP contribution in [0.3, 0.4) is 0 Å². The molecule has 18 heavy (non-hydrogen) atoms. The summed E-state index contributed by atoms with van der Waals surface area (Å²) in [7, 11) is -3.56. The lowest BCUT2D eigenvalue weighted by Crippen LogP contribution is -2.27. The maximum atomic E-state index is 11.9. The van der Waals surface area contributed by atoms with Gasteiger partial charge in [0.15, 0.2) is 0 Å². The summed E-state index contributed by atoms with van der Waals surface area (Å²) in [5.41, 5.74) is 0.0150. The molecular weight excluding hydrogens is 274 g/mol. The zero-order valence-corrected chi connectivity index (χ0v) is 11.4. The number of carboxylic acids is 1. The van der Waals surface area contributed by atoms with E-state index in [1.54, 1.807) is 0 Å². The molecule has 5 nitrogen and oxygen atoms in total. The number of hydrogen-bond acceptors (Lipinski definition) is 4. The van der Waals surface area contributed by atoms with Crippen molar-refractivity contribution in [2.45, 2.75) is 29.9 Å². The van der Waals surface area contributed by atoms with Crippen LogP contribution in [-0.4, -0.2) is 26.0 Å². The molecule has 0 saturated heterocycles. The fraction of sp³-hybridized carbons (Fsp3) is 0.545. The minimum absolute atomic E-state index is 0.0150. The van der Waals surface area contributed by atoms with Gasteiger partial charge in [0.25, 0.3) is 0 Å². The summed E-state index contributed by atoms with van der Waals surface area (Å²) in [6.45, 7) is 0.447. The first kappa shape index (κ1) is 13.5. The molecule has 1 heterocycles. The van der Waals surface area contributed by atoms with Crippen molar-refractivity contribution in [1.29, 1.82) is 0 Å². The third-order valence-corrected chi connectivity index (χ3v) is 5.99. The van der Waals surface area contributed by atoms with Gasteiger partial charge in [0.2, 0.25) is 10.0 Å². The van der Waals surface area contributed by atoms with E-state index in [0.29, 0.717) is 12.5 Å². The predicted octanol–water partition coefficient (Wildman–Crippen LogP) is 1.91. The van der Waals surface area contributed by atoms with Crippen molar-refractivity contribution in [1.82, 2.24) is 4.72 Å². The van der Waals surface area contributed by atoms with E-state index in [1.165, 1.54) is 11.4 Å². The van der Waals surface area contributed by atoms with Crippen molar-refractivity contribution in [2.24, 2.45) is 5.92 Å². The van der Waals surface area contributed by atoms with Gasteiger partial charge in [0.05, 0.1) is 5.56 Å². The Morgan fingerprint density at radius 2 is 2.11 bits per heavy atom. The predicted molar refractivity (Wildman–Crippen MR) is 68.4 cm³/mol. The highest BCUT2D eigenvalue weighted by atomic mass is 32.2. The molecule has 1 aromatic heterocycles. The van der Waals surface area contributed by atoms with Crippen LogP contribution >= 0.6 is 11.3 Å². The zero-order chi connectivity index (χ0) is 13.2. The highest BCUT2D eigenvalue weighted by molar-refractivity contribution is 7.91. The van der Waals surface area contributed by atoms with Gasteiger partial charge >= 0.3 is 5.97 Å². The van der Waals surface area contributed by atoms with Gasteiger partial charge in [-0.25, -0.2) is 17.9 Å². The number of rotatable bonds is 5. The number of carbonyl (C=O) groups is 1. The molecule has 0 aliphatic heterocycles. The first-order valence-electron chi connectivity index (χ1n) is 5.80. The zero-order valence-electron chi connectivity index (χ0n) is 9.76. The summed E-state index contributed by atoms with van der Waals surface area (Å²) in [6.07, 6.45) is 4.45. The van der Waals surface area contributed by atoms with Crippen LogP contribution in [0.5, 0.6) is 0 Å². The normalized spacial score (nSPS) is 17.1. The van der Waals surface area contributed by atoms with Gasteiger partial charge in [0.1, 0.15) is 4.21 Å². The molecule has 0 unspecified atom stereocenters. The SMILES string of the molecule is O=C(O)c1csc(S(=O)(=O)NCC2CCCC2)c1. The van der Waals surface area contributed by atoms with E-state index in [2.05, 4.69) is 4.72 Å². The summed E-state index contributed by atoms with van der Waals surface area (Å²) >= 11 is 0.936. The molecule has 0 radical (unpaired) electrons. The number of thiophene rings is 1. The van der Waals surface area contributed by atoms with E-state index < -0.39 is 16.0 Å². The first-order chi connectivity index (χ1) is 8.49. The largest absolute Gasteiger partial charge is 0.478 e. The molecule has 0 spiro atoms. The van der Waals surface area contributed by atoms with Crippen molar-refractivity contribution in [2.75, 3.05) is 6.54 Å². The molecule has 1 aliphatic carbocycles. The summed E-state index contributed by atoms with van der Waals surface area (Å²) in [5, 5.41) is 10.1. The lowest BCUT2D eigenvalue weighted by atomic mass is 10.1. The topological polar surface area (TPSA) is 83.5 Å². The Hall–Kier alpha value is -0.920. The Balaban J connectivity index is 2.02. The Labute approximate surface area is 110 Å². The molecule has 1 saturated carbocycles. The third-order valence-electron chi connectivity index (χ3n) is 3.12. The van der Waals surface area contributed by atoms with Crippen molar-refractivity contribution >= 4 is 27.3 Å². The van der Waals surface area contributed by atoms with Crippen LogP contribution in [0.1, 0.15) is 36.0 Å². The number of nitrogens with one attached hydrogen (secondary N) is 1. The Kier molecular flexibility index (Phi) is 4.04. The standard InChI is InChI=1S/C11H15NO4S2/c13-11(14)9-5-10(17-7-9)18(15,16)12-6-8-3-1-2-4-8/h5,7-8,12H,1-4,6H2,(H,13,14). The maximum Gasteiger partial charge on any atom is 0.336 e. The van der Waals surface area contributed by atoms with E-state index in [1.807, 2.05) is 0 Å². The van der Waals surface area contributed by atoms with Crippen LogP contribution in [0.15, 0.2) is 15.7 Å². The number of carboxylic acid groups (broad SMARTS) is 1. The smallest absolute Gasteiger partial charge is 0.336 e.